The maximum Gasteiger partial charge on any atom is 0.373 e. The first-order chi connectivity index (χ1) is 24.8. The lowest BCUT2D eigenvalue weighted by molar-refractivity contribution is -0.191. The van der Waals surface area contributed by atoms with Gasteiger partial charge in [0.05, 0.1) is 51.8 Å². The van der Waals surface area contributed by atoms with Crippen molar-refractivity contribution in [1.29, 1.82) is 0 Å². The van der Waals surface area contributed by atoms with E-state index < -0.39 is 33.4 Å². The first-order valence-electron chi connectivity index (χ1n) is 16.8. The summed E-state index contributed by atoms with van der Waals surface area (Å²) in [5.74, 6) is -0.985. The van der Waals surface area contributed by atoms with Crippen molar-refractivity contribution in [1.82, 2.24) is 0 Å². The summed E-state index contributed by atoms with van der Waals surface area (Å²) in [5, 5.41) is 0. The van der Waals surface area contributed by atoms with Crippen LogP contribution in [0, 0.1) is 28.1 Å². The fourth-order valence-corrected chi connectivity index (χ4v) is 8.61. The van der Waals surface area contributed by atoms with E-state index in [9.17, 15) is 24.0 Å². The van der Waals surface area contributed by atoms with E-state index in [0.29, 0.717) is 31.6 Å². The van der Waals surface area contributed by atoms with Crippen LogP contribution in [0.5, 0.6) is 0 Å². The Morgan fingerprint density at radius 1 is 0.865 bits per heavy atom. The minimum Gasteiger partial charge on any atom is -0.469 e. The first kappa shape index (κ1) is 41.8. The maximum absolute atomic E-state index is 11.9. The molecule has 7 aliphatic rings. The van der Waals surface area contributed by atoms with Gasteiger partial charge < -0.3 is 33.2 Å². The number of hydrogen-bond acceptors (Lipinski definition) is 14. The van der Waals surface area contributed by atoms with Crippen LogP contribution in [-0.2, 0) is 66.7 Å². The van der Waals surface area contributed by atoms with Gasteiger partial charge in [0.15, 0.2) is 0 Å². The highest BCUT2D eigenvalue weighted by Gasteiger charge is 2.71. The Hall–Kier alpha value is -4.65. The number of allylic oxidation sites excluding steroid dienone is 2. The van der Waals surface area contributed by atoms with E-state index in [1.165, 1.54) is 21.3 Å². The van der Waals surface area contributed by atoms with Crippen molar-refractivity contribution < 1.29 is 66.7 Å². The molecule has 1 spiro atoms. The molecule has 52 heavy (non-hydrogen) atoms. The molecule has 0 aromatic rings. The molecule has 0 amide bonds. The lowest BCUT2D eigenvalue weighted by atomic mass is 9.68. The minimum absolute atomic E-state index is 0.0309. The molecule has 7 unspecified atom stereocenters. The molecule has 1 saturated carbocycles. The van der Waals surface area contributed by atoms with Crippen LogP contribution >= 0.6 is 0 Å². The van der Waals surface area contributed by atoms with Gasteiger partial charge in [-0.3, -0.25) is 24.0 Å². The summed E-state index contributed by atoms with van der Waals surface area (Å²) in [6.45, 7) is 16.0. The summed E-state index contributed by atoms with van der Waals surface area (Å²) in [4.78, 5) is 74.7. The van der Waals surface area contributed by atoms with Crippen molar-refractivity contribution in [3.05, 3.63) is 62.8 Å². The second-order valence-electron chi connectivity index (χ2n) is 13.4. The summed E-state index contributed by atoms with van der Waals surface area (Å²) in [6.07, 6.45) is 15.2. The smallest absolute Gasteiger partial charge is 0.373 e. The number of fused-ring (bicyclic) bond motifs is 4. The van der Waals surface area contributed by atoms with Gasteiger partial charge in [-0.1, -0.05) is 37.3 Å². The van der Waals surface area contributed by atoms with Crippen LogP contribution in [0.2, 0.25) is 0 Å². The van der Waals surface area contributed by atoms with E-state index in [2.05, 4.69) is 41.9 Å². The summed E-state index contributed by atoms with van der Waals surface area (Å²) < 4.78 is 36.0. The lowest BCUT2D eigenvalue weighted by Crippen LogP contribution is -2.45. The fraction of sp³-hybridized carbons (Fsp3) is 0.579. The van der Waals surface area contributed by atoms with E-state index in [4.69, 9.17) is 33.3 Å². The Balaban J connectivity index is 0.000000198. The highest BCUT2D eigenvalue weighted by atomic mass is 16.6. The number of methoxy groups -OCH3 is 3. The van der Waals surface area contributed by atoms with Gasteiger partial charge in [0.2, 0.25) is 0 Å². The molecule has 5 aliphatic heterocycles. The summed E-state index contributed by atoms with van der Waals surface area (Å²) in [6, 6.07) is 0. The van der Waals surface area contributed by atoms with E-state index in [1.807, 2.05) is 25.2 Å². The van der Waals surface area contributed by atoms with E-state index in [0.717, 1.165) is 6.42 Å². The van der Waals surface area contributed by atoms with Gasteiger partial charge in [-0.25, -0.2) is 0 Å². The van der Waals surface area contributed by atoms with E-state index >= 15 is 0 Å². The van der Waals surface area contributed by atoms with Crippen LogP contribution in [0.15, 0.2) is 62.8 Å². The third-order valence-corrected chi connectivity index (χ3v) is 11.3. The molecule has 4 bridgehead atoms. The minimum atomic E-state index is -0.862. The van der Waals surface area contributed by atoms with E-state index in [1.54, 1.807) is 12.2 Å². The van der Waals surface area contributed by atoms with Crippen molar-refractivity contribution in [2.75, 3.05) is 34.5 Å². The number of esters is 5. The van der Waals surface area contributed by atoms with Crippen LogP contribution in [0.4, 0.5) is 0 Å². The van der Waals surface area contributed by atoms with Crippen molar-refractivity contribution in [2.24, 2.45) is 28.1 Å². The Morgan fingerprint density at radius 2 is 1.48 bits per heavy atom. The summed E-state index contributed by atoms with van der Waals surface area (Å²) in [5.41, 5.74) is -3.46. The van der Waals surface area contributed by atoms with Gasteiger partial charge in [0.1, 0.15) is 35.2 Å². The third kappa shape index (κ3) is 6.94. The topological polar surface area (TPSA) is 184 Å². The Kier molecular flexibility index (Phi) is 13.5. The van der Waals surface area contributed by atoms with Gasteiger partial charge >= 0.3 is 36.0 Å². The molecule has 0 aromatic heterocycles. The average molecular weight is 729 g/mol. The zero-order valence-corrected chi connectivity index (χ0v) is 30.2. The van der Waals surface area contributed by atoms with Crippen LogP contribution in [-0.4, -0.2) is 94.0 Å². The molecule has 14 nitrogen and oxygen atoms in total. The quantitative estimate of drug-likeness (QED) is 0.201. The summed E-state index contributed by atoms with van der Waals surface area (Å²) >= 11 is 0. The first-order valence-corrected chi connectivity index (χ1v) is 16.8. The van der Waals surface area contributed by atoms with Crippen LogP contribution in [0.1, 0.15) is 51.9 Å². The number of hydrogen-bond donors (Lipinski definition) is 0. The molecule has 2 aliphatic carbocycles. The van der Waals surface area contributed by atoms with Crippen molar-refractivity contribution in [2.45, 2.75) is 75.3 Å². The Morgan fingerprint density at radius 3 is 1.96 bits per heavy atom. The molecule has 5 fully saturated rings. The molecule has 0 aromatic carbocycles. The molecule has 9 atom stereocenters. The van der Waals surface area contributed by atoms with E-state index in [-0.39, 0.29) is 74.2 Å². The number of rotatable bonds is 8. The predicted octanol–water partition coefficient (Wildman–Crippen LogP) is 3.55. The molecule has 4 saturated heterocycles. The maximum atomic E-state index is 11.9. The van der Waals surface area contributed by atoms with Crippen molar-refractivity contribution >= 4 is 36.0 Å². The third-order valence-electron chi connectivity index (χ3n) is 11.3. The molecule has 0 N–H and O–H groups in total. The van der Waals surface area contributed by atoms with Crippen LogP contribution in [0.3, 0.4) is 0 Å². The largest absolute Gasteiger partial charge is 0.469 e. The number of carbonyl (C=O) groups excluding carboxylic acids is 7. The van der Waals surface area contributed by atoms with Gasteiger partial charge in [0.25, 0.3) is 0 Å². The molecule has 0 radical (unpaired) electrons. The van der Waals surface area contributed by atoms with Gasteiger partial charge in [0, 0.05) is 0 Å². The fourth-order valence-electron chi connectivity index (χ4n) is 8.61. The number of cyclic esters (lactones) is 2. The number of carbonyl (C=O) groups is 5. The van der Waals surface area contributed by atoms with Gasteiger partial charge in [-0.05, 0) is 50.0 Å². The van der Waals surface area contributed by atoms with Gasteiger partial charge in [-0.15, -0.1) is 26.3 Å². The van der Waals surface area contributed by atoms with Crippen molar-refractivity contribution in [3.8, 4) is 0 Å². The standard InChI is InChI=1S/C12H16O4.C12H16O3.C11H12O5.C2H4.CO2/c1-15-10(13)7-12(11(14)16-2)6-8-3-4-9(12)5-8;1-4-9-7-11(5-2)10(13)14-8-12(11,6-3)15-9;1-14-8(12)5-10-4-7-2-3-11(10,16-7)6-15-9(10)13;1-2;2-1-3/h3-4,8-9H,5-7H2,1-2H3;4,6,9H,1,3,5,7-8H2,2H3;2-3,7H,4-6H2,1H3;1-2H2;/t;9-,11?,12-;;;/m.0.../s1. The van der Waals surface area contributed by atoms with Gasteiger partial charge in [-0.2, -0.15) is 9.59 Å². The molecule has 14 heteroatoms. The zero-order chi connectivity index (χ0) is 39.0. The SMILES string of the molecule is C=C.C=C[C@H]1CC2(CC)C(=O)OC[C@]2(C=C)O1.COC(=O)CC1(C(=O)OC)CC2C=CC1C2.COC(=O)CC12CC3C=CC1(COC2=O)O3.O=C=O. The highest BCUT2D eigenvalue weighted by Crippen LogP contribution is 2.59. The van der Waals surface area contributed by atoms with Crippen LogP contribution < -0.4 is 0 Å². The molecule has 5 heterocycles. The predicted molar refractivity (Wildman–Crippen MR) is 180 cm³/mol. The Labute approximate surface area is 303 Å². The highest BCUT2D eigenvalue weighted by molar-refractivity contribution is 5.88. The van der Waals surface area contributed by atoms with Crippen LogP contribution in [0.25, 0.3) is 0 Å². The second-order valence-corrected chi connectivity index (χ2v) is 13.4. The molecule has 7 rings (SSSR count). The zero-order valence-electron chi connectivity index (χ0n) is 30.2. The molecule has 284 valence electrons. The second kappa shape index (κ2) is 16.8. The monoisotopic (exact) mass is 728 g/mol. The lowest BCUT2D eigenvalue weighted by Gasteiger charge is -2.31. The summed E-state index contributed by atoms with van der Waals surface area (Å²) in [7, 11) is 4.03. The molecular formula is C38H48O14. The number of ether oxygens (including phenoxy) is 7. The molecular weight excluding hydrogens is 680 g/mol. The normalized spacial score (nSPS) is 36.9. The van der Waals surface area contributed by atoms with Crippen molar-refractivity contribution in [3.63, 3.8) is 0 Å². The average Bonchev–Trinajstić information content (AvgIpc) is 4.03. The Bertz CT molecular complexity index is 1510.